The van der Waals surface area contributed by atoms with Crippen molar-refractivity contribution in [2.45, 2.75) is 31.7 Å². The topological polar surface area (TPSA) is 34.1 Å². The van der Waals surface area contributed by atoms with Gasteiger partial charge in [-0.25, -0.2) is 4.98 Å². The van der Waals surface area contributed by atoms with Crippen LogP contribution in [0.4, 0.5) is 0 Å². The zero-order chi connectivity index (χ0) is 13.5. The molecule has 1 aromatic carbocycles. The number of nitrogens with one attached hydrogen (secondary N) is 1. The number of hydrogen-bond donors (Lipinski definition) is 1. The Hall–Kier alpha value is -1.39. The van der Waals surface area contributed by atoms with E-state index in [2.05, 4.69) is 17.4 Å². The predicted molar refractivity (Wildman–Crippen MR) is 81.6 cm³/mol. The van der Waals surface area contributed by atoms with Gasteiger partial charge >= 0.3 is 0 Å². The van der Waals surface area contributed by atoms with E-state index in [0.29, 0.717) is 6.04 Å². The highest BCUT2D eigenvalue weighted by Gasteiger charge is 2.25. The Labute approximate surface area is 123 Å². The second-order valence-corrected chi connectivity index (χ2v) is 6.74. The van der Waals surface area contributed by atoms with Crippen LogP contribution in [0.5, 0.6) is 5.75 Å². The largest absolute Gasteiger partial charge is 0.497 e. The van der Waals surface area contributed by atoms with E-state index in [1.165, 1.54) is 39.5 Å². The van der Waals surface area contributed by atoms with E-state index in [0.717, 1.165) is 25.1 Å². The molecule has 2 aromatic rings. The van der Waals surface area contributed by atoms with Gasteiger partial charge < -0.3 is 10.1 Å². The van der Waals surface area contributed by atoms with E-state index < -0.39 is 0 Å². The number of methoxy groups -OCH3 is 1. The Morgan fingerprint density at radius 3 is 3.20 bits per heavy atom. The fourth-order valence-corrected chi connectivity index (χ4v) is 4.38. The molecule has 0 radical (unpaired) electrons. The minimum atomic E-state index is 0.631. The summed E-state index contributed by atoms with van der Waals surface area (Å²) in [5.41, 5.74) is 3.84. The van der Waals surface area contributed by atoms with Crippen LogP contribution in [-0.4, -0.2) is 24.7 Å². The maximum absolute atomic E-state index is 5.33. The first-order chi connectivity index (χ1) is 9.83. The number of aromatic nitrogens is 1. The maximum atomic E-state index is 5.33. The van der Waals surface area contributed by atoms with E-state index in [1.54, 1.807) is 7.11 Å². The van der Waals surface area contributed by atoms with Crippen LogP contribution < -0.4 is 10.1 Å². The zero-order valence-electron chi connectivity index (χ0n) is 11.6. The van der Waals surface area contributed by atoms with Gasteiger partial charge in [0.25, 0.3) is 0 Å². The maximum Gasteiger partial charge on any atom is 0.119 e. The molecule has 20 heavy (non-hydrogen) atoms. The molecule has 1 aliphatic heterocycles. The molecule has 4 rings (SSSR count). The molecule has 1 N–H and O–H groups in total. The standard InChI is InChI=1S/C16H18N2OS/c1-19-12-5-4-10-7-14-16(13(10)9-12)18-15(20-14)8-11-3-2-6-17-11/h4-5,9,11,17H,2-3,6-8H2,1H3. The highest BCUT2D eigenvalue weighted by Crippen LogP contribution is 2.41. The van der Waals surface area contributed by atoms with Crippen molar-refractivity contribution in [2.75, 3.05) is 13.7 Å². The second-order valence-electron chi connectivity index (χ2n) is 5.58. The van der Waals surface area contributed by atoms with Crippen molar-refractivity contribution in [3.05, 3.63) is 33.6 Å². The molecule has 2 heterocycles. The summed E-state index contributed by atoms with van der Waals surface area (Å²) in [6, 6.07) is 6.96. The van der Waals surface area contributed by atoms with Crippen LogP contribution in [0, 0.1) is 0 Å². The molecule has 104 valence electrons. The molecule has 3 nitrogen and oxygen atoms in total. The van der Waals surface area contributed by atoms with Crippen molar-refractivity contribution in [2.24, 2.45) is 0 Å². The molecule has 0 saturated carbocycles. The van der Waals surface area contributed by atoms with Crippen LogP contribution in [0.15, 0.2) is 18.2 Å². The first-order valence-corrected chi connectivity index (χ1v) is 8.04. The highest BCUT2D eigenvalue weighted by atomic mass is 32.1. The highest BCUT2D eigenvalue weighted by molar-refractivity contribution is 7.12. The molecule has 1 fully saturated rings. The van der Waals surface area contributed by atoms with E-state index in [1.807, 2.05) is 17.4 Å². The molecule has 0 spiro atoms. The fraction of sp³-hybridized carbons (Fsp3) is 0.438. The normalized spacial score (nSPS) is 19.9. The minimum absolute atomic E-state index is 0.631. The predicted octanol–water partition coefficient (Wildman–Crippen LogP) is 3.02. The van der Waals surface area contributed by atoms with Crippen LogP contribution in [0.3, 0.4) is 0 Å². The van der Waals surface area contributed by atoms with Gasteiger partial charge in [-0.3, -0.25) is 0 Å². The van der Waals surface area contributed by atoms with Crippen molar-refractivity contribution < 1.29 is 4.74 Å². The van der Waals surface area contributed by atoms with Crippen molar-refractivity contribution >= 4 is 11.3 Å². The minimum Gasteiger partial charge on any atom is -0.497 e. The molecule has 0 amide bonds. The number of fused-ring (bicyclic) bond motifs is 3. The number of benzene rings is 1. The quantitative estimate of drug-likeness (QED) is 0.803. The van der Waals surface area contributed by atoms with E-state index >= 15 is 0 Å². The van der Waals surface area contributed by atoms with Crippen molar-refractivity contribution in [1.29, 1.82) is 0 Å². The molecule has 1 aromatic heterocycles. The summed E-state index contributed by atoms with van der Waals surface area (Å²) in [5.74, 6) is 0.920. The number of ether oxygens (including phenoxy) is 1. The van der Waals surface area contributed by atoms with Gasteiger partial charge in [-0.05, 0) is 37.1 Å². The van der Waals surface area contributed by atoms with Crippen LogP contribution in [0.1, 0.15) is 28.3 Å². The Morgan fingerprint density at radius 1 is 1.45 bits per heavy atom. The first-order valence-electron chi connectivity index (χ1n) is 7.23. The molecular weight excluding hydrogens is 268 g/mol. The monoisotopic (exact) mass is 286 g/mol. The number of rotatable bonds is 3. The van der Waals surface area contributed by atoms with Crippen LogP contribution in [-0.2, 0) is 12.8 Å². The lowest BCUT2D eigenvalue weighted by Crippen LogP contribution is -2.23. The fourth-order valence-electron chi connectivity index (χ4n) is 3.19. The summed E-state index contributed by atoms with van der Waals surface area (Å²) in [7, 11) is 1.72. The Bertz CT molecular complexity index is 644. The lowest BCUT2D eigenvalue weighted by Gasteiger charge is -2.07. The zero-order valence-corrected chi connectivity index (χ0v) is 12.4. The van der Waals surface area contributed by atoms with E-state index in [-0.39, 0.29) is 0 Å². The summed E-state index contributed by atoms with van der Waals surface area (Å²) >= 11 is 1.89. The van der Waals surface area contributed by atoms with Crippen LogP contribution in [0.25, 0.3) is 11.3 Å². The molecule has 1 atom stereocenters. The SMILES string of the molecule is COc1ccc2c(c1)-c1nc(CC3CCCN3)sc1C2. The van der Waals surface area contributed by atoms with Crippen molar-refractivity contribution in [1.82, 2.24) is 10.3 Å². The van der Waals surface area contributed by atoms with E-state index in [4.69, 9.17) is 9.72 Å². The van der Waals surface area contributed by atoms with Gasteiger partial charge in [0, 0.05) is 29.3 Å². The number of hydrogen-bond acceptors (Lipinski definition) is 4. The molecule has 2 aliphatic rings. The Balaban J connectivity index is 1.64. The van der Waals surface area contributed by atoms with Crippen LogP contribution in [0.2, 0.25) is 0 Å². The first kappa shape index (κ1) is 12.4. The molecule has 1 aliphatic carbocycles. The lowest BCUT2D eigenvalue weighted by molar-refractivity contribution is 0.415. The second kappa shape index (κ2) is 4.86. The average molecular weight is 286 g/mol. The lowest BCUT2D eigenvalue weighted by atomic mass is 10.1. The Kier molecular flexibility index (Phi) is 3.00. The average Bonchev–Trinajstić information content (AvgIpc) is 3.14. The van der Waals surface area contributed by atoms with Gasteiger partial charge in [-0.2, -0.15) is 0 Å². The molecule has 1 saturated heterocycles. The summed E-state index contributed by atoms with van der Waals surface area (Å²) in [6.45, 7) is 1.16. The summed E-state index contributed by atoms with van der Waals surface area (Å²) in [4.78, 5) is 6.31. The van der Waals surface area contributed by atoms with Gasteiger partial charge in [0.05, 0.1) is 17.8 Å². The summed E-state index contributed by atoms with van der Waals surface area (Å²) in [5, 5.41) is 4.83. The molecule has 1 unspecified atom stereocenters. The van der Waals surface area contributed by atoms with Crippen molar-refractivity contribution in [3.63, 3.8) is 0 Å². The third-order valence-electron chi connectivity index (χ3n) is 4.25. The molecular formula is C16H18N2OS. The van der Waals surface area contributed by atoms with Crippen molar-refractivity contribution in [3.8, 4) is 17.0 Å². The number of nitrogens with zero attached hydrogens (tertiary/aromatic N) is 1. The third kappa shape index (κ3) is 2.03. The van der Waals surface area contributed by atoms with Gasteiger partial charge in [-0.1, -0.05) is 6.07 Å². The number of thiazole rings is 1. The van der Waals surface area contributed by atoms with E-state index in [9.17, 15) is 0 Å². The van der Waals surface area contributed by atoms with Gasteiger partial charge in [0.15, 0.2) is 0 Å². The summed E-state index contributed by atoms with van der Waals surface area (Å²) in [6.07, 6.45) is 4.70. The smallest absolute Gasteiger partial charge is 0.119 e. The van der Waals surface area contributed by atoms with Gasteiger partial charge in [0.1, 0.15) is 5.75 Å². The molecule has 0 bridgehead atoms. The van der Waals surface area contributed by atoms with Gasteiger partial charge in [-0.15, -0.1) is 11.3 Å². The summed E-state index contributed by atoms with van der Waals surface area (Å²) < 4.78 is 5.33. The van der Waals surface area contributed by atoms with Gasteiger partial charge in [0.2, 0.25) is 0 Å². The van der Waals surface area contributed by atoms with Crippen LogP contribution >= 0.6 is 11.3 Å². The third-order valence-corrected chi connectivity index (χ3v) is 5.33. The Morgan fingerprint density at radius 2 is 2.40 bits per heavy atom. The molecule has 4 heteroatoms.